The summed E-state index contributed by atoms with van der Waals surface area (Å²) in [7, 11) is 0. The maximum absolute atomic E-state index is 12.9. The molecule has 0 bridgehead atoms. The number of carbonyl (C=O) groups is 1. The summed E-state index contributed by atoms with van der Waals surface area (Å²) in [5, 5.41) is 14.5. The first-order valence-corrected chi connectivity index (χ1v) is 9.52. The molecule has 1 fully saturated rings. The summed E-state index contributed by atoms with van der Waals surface area (Å²) in [6, 6.07) is 15.6. The molecule has 3 aromatic rings. The van der Waals surface area contributed by atoms with Gasteiger partial charge in [0.05, 0.1) is 0 Å². The number of benzene rings is 2. The molecule has 8 heteroatoms. The summed E-state index contributed by atoms with van der Waals surface area (Å²) in [5.74, 6) is 0.280. The van der Waals surface area contributed by atoms with Gasteiger partial charge in [-0.3, -0.25) is 4.79 Å². The molecule has 0 aliphatic carbocycles. The summed E-state index contributed by atoms with van der Waals surface area (Å²) in [6.07, 6.45) is 0. The molecule has 1 saturated heterocycles. The lowest BCUT2D eigenvalue weighted by Gasteiger charge is -2.36. The first-order chi connectivity index (χ1) is 13.6. The van der Waals surface area contributed by atoms with Crippen LogP contribution in [0.1, 0.15) is 16.1 Å². The van der Waals surface area contributed by atoms with Crippen LogP contribution in [0.2, 0.25) is 5.02 Å². The summed E-state index contributed by atoms with van der Waals surface area (Å²) >= 11 is 5.91. The summed E-state index contributed by atoms with van der Waals surface area (Å²) in [4.78, 5) is 17.1. The molecule has 1 aliphatic heterocycles. The van der Waals surface area contributed by atoms with E-state index in [2.05, 4.69) is 56.8 Å². The van der Waals surface area contributed by atoms with Crippen molar-refractivity contribution in [3.8, 4) is 0 Å². The average molecular weight is 397 g/mol. The minimum Gasteiger partial charge on any atom is -0.368 e. The van der Waals surface area contributed by atoms with Crippen LogP contribution in [0.4, 0.5) is 17.2 Å². The average Bonchev–Trinajstić information content (AvgIpc) is 3.17. The summed E-state index contributed by atoms with van der Waals surface area (Å²) in [5.41, 5.74) is 3.51. The van der Waals surface area contributed by atoms with E-state index in [-0.39, 0.29) is 5.91 Å². The molecule has 0 radical (unpaired) electrons. The molecule has 1 aliphatic rings. The second-order valence-corrected chi connectivity index (χ2v) is 7.21. The number of rotatable bonds is 4. The molecule has 0 saturated carbocycles. The van der Waals surface area contributed by atoms with Crippen LogP contribution in [0.25, 0.3) is 0 Å². The molecule has 144 valence electrons. The van der Waals surface area contributed by atoms with Crippen LogP contribution in [-0.2, 0) is 0 Å². The number of aromatic nitrogens is 3. The van der Waals surface area contributed by atoms with Crippen molar-refractivity contribution in [2.45, 2.75) is 6.92 Å². The lowest BCUT2D eigenvalue weighted by atomic mass is 10.2. The zero-order valence-electron chi connectivity index (χ0n) is 15.5. The lowest BCUT2D eigenvalue weighted by Crippen LogP contribution is -2.49. The highest BCUT2D eigenvalue weighted by Crippen LogP contribution is 2.22. The third kappa shape index (κ3) is 3.94. The number of hydrogen-bond acceptors (Lipinski definition) is 5. The van der Waals surface area contributed by atoms with Gasteiger partial charge >= 0.3 is 0 Å². The first-order valence-electron chi connectivity index (χ1n) is 9.14. The minimum atomic E-state index is -0.130. The topological polar surface area (TPSA) is 77.2 Å². The van der Waals surface area contributed by atoms with Crippen LogP contribution in [-0.4, -0.2) is 52.4 Å². The van der Waals surface area contributed by atoms with Gasteiger partial charge in [-0.15, -0.1) is 10.2 Å². The van der Waals surface area contributed by atoms with Gasteiger partial charge in [0, 0.05) is 42.6 Å². The number of hydrogen-bond donors (Lipinski definition) is 2. The van der Waals surface area contributed by atoms with Crippen molar-refractivity contribution in [1.82, 2.24) is 20.3 Å². The molecule has 0 unspecified atom stereocenters. The predicted octanol–water partition coefficient (Wildman–Crippen LogP) is 3.47. The van der Waals surface area contributed by atoms with Gasteiger partial charge < -0.3 is 15.1 Å². The van der Waals surface area contributed by atoms with E-state index in [1.807, 2.05) is 17.0 Å². The first kappa shape index (κ1) is 18.3. The smallest absolute Gasteiger partial charge is 0.278 e. The predicted molar refractivity (Wildman–Crippen MR) is 110 cm³/mol. The zero-order chi connectivity index (χ0) is 19.5. The minimum absolute atomic E-state index is 0.130. The Morgan fingerprint density at radius 2 is 1.82 bits per heavy atom. The Morgan fingerprint density at radius 1 is 1.07 bits per heavy atom. The maximum atomic E-state index is 12.9. The van der Waals surface area contributed by atoms with Crippen LogP contribution in [0.3, 0.4) is 0 Å². The Morgan fingerprint density at radius 3 is 2.54 bits per heavy atom. The van der Waals surface area contributed by atoms with E-state index < -0.39 is 0 Å². The third-order valence-electron chi connectivity index (χ3n) is 4.79. The van der Waals surface area contributed by atoms with Crippen molar-refractivity contribution in [2.24, 2.45) is 0 Å². The number of nitrogens with zero attached hydrogens (tertiary/aromatic N) is 4. The van der Waals surface area contributed by atoms with E-state index in [1.165, 1.54) is 11.3 Å². The van der Waals surface area contributed by atoms with Crippen molar-refractivity contribution < 1.29 is 4.79 Å². The van der Waals surface area contributed by atoms with Gasteiger partial charge in [-0.2, -0.15) is 5.21 Å². The molecular weight excluding hydrogens is 376 g/mol. The molecule has 1 amide bonds. The highest BCUT2D eigenvalue weighted by Gasteiger charge is 2.26. The number of carbonyl (C=O) groups excluding carboxylic acids is 1. The van der Waals surface area contributed by atoms with E-state index in [9.17, 15) is 4.79 Å². The molecule has 2 aromatic carbocycles. The normalized spacial score (nSPS) is 14.2. The Hall–Kier alpha value is -3.06. The van der Waals surface area contributed by atoms with E-state index >= 15 is 0 Å². The van der Waals surface area contributed by atoms with Crippen LogP contribution < -0.4 is 10.2 Å². The van der Waals surface area contributed by atoms with Gasteiger partial charge in [0.1, 0.15) is 0 Å². The number of amides is 1. The molecule has 7 nitrogen and oxygen atoms in total. The number of piperazine rings is 1. The molecule has 1 aromatic heterocycles. The van der Waals surface area contributed by atoms with E-state index in [1.54, 1.807) is 12.1 Å². The highest BCUT2D eigenvalue weighted by molar-refractivity contribution is 6.30. The zero-order valence-corrected chi connectivity index (χ0v) is 16.3. The Balaban J connectivity index is 1.42. The molecular formula is C20H21ClN6O. The van der Waals surface area contributed by atoms with Gasteiger partial charge in [0.15, 0.2) is 11.5 Å². The second kappa shape index (κ2) is 7.90. The van der Waals surface area contributed by atoms with E-state index in [0.29, 0.717) is 29.6 Å². The van der Waals surface area contributed by atoms with Crippen molar-refractivity contribution in [2.75, 3.05) is 36.4 Å². The standard InChI is InChI=1S/C20H21ClN6O/c1-14-3-2-4-17(13-14)26-9-11-27(12-10-26)20(28)18-19(24-25-23-18)22-16-7-5-15(21)6-8-16/h2-8,13H,9-12H2,1H3,(H2,22,23,24,25). The Bertz CT molecular complexity index is 963. The lowest BCUT2D eigenvalue weighted by molar-refractivity contribution is 0.0742. The van der Waals surface area contributed by atoms with Crippen LogP contribution in [0.15, 0.2) is 48.5 Å². The second-order valence-electron chi connectivity index (χ2n) is 6.77. The van der Waals surface area contributed by atoms with Crippen LogP contribution in [0, 0.1) is 6.92 Å². The maximum Gasteiger partial charge on any atom is 0.278 e. The van der Waals surface area contributed by atoms with Crippen molar-refractivity contribution in [1.29, 1.82) is 0 Å². The fraction of sp³-hybridized carbons (Fsp3) is 0.250. The largest absolute Gasteiger partial charge is 0.368 e. The monoisotopic (exact) mass is 396 g/mol. The molecule has 2 heterocycles. The van der Waals surface area contributed by atoms with Crippen molar-refractivity contribution in [3.63, 3.8) is 0 Å². The van der Waals surface area contributed by atoms with E-state index in [0.717, 1.165) is 18.8 Å². The number of H-pyrrole nitrogens is 1. The SMILES string of the molecule is Cc1cccc(N2CCN(C(=O)c3n[nH]nc3Nc3ccc(Cl)cc3)CC2)c1. The van der Waals surface area contributed by atoms with Crippen molar-refractivity contribution >= 4 is 34.7 Å². The quantitative estimate of drug-likeness (QED) is 0.706. The summed E-state index contributed by atoms with van der Waals surface area (Å²) in [6.45, 7) is 4.93. The van der Waals surface area contributed by atoms with Crippen molar-refractivity contribution in [3.05, 3.63) is 64.8 Å². The molecule has 4 rings (SSSR count). The third-order valence-corrected chi connectivity index (χ3v) is 5.04. The van der Waals surface area contributed by atoms with Crippen LogP contribution in [0.5, 0.6) is 0 Å². The molecule has 2 N–H and O–H groups in total. The Labute approximate surface area is 168 Å². The number of anilines is 3. The molecule has 0 spiro atoms. The fourth-order valence-corrected chi connectivity index (χ4v) is 3.41. The molecule has 28 heavy (non-hydrogen) atoms. The van der Waals surface area contributed by atoms with Gasteiger partial charge in [0.25, 0.3) is 5.91 Å². The number of halogens is 1. The van der Waals surface area contributed by atoms with E-state index in [4.69, 9.17) is 11.6 Å². The Kier molecular flexibility index (Phi) is 5.16. The molecule has 0 atom stereocenters. The highest BCUT2D eigenvalue weighted by atomic mass is 35.5. The van der Waals surface area contributed by atoms with Gasteiger partial charge in [-0.1, -0.05) is 23.7 Å². The number of aromatic amines is 1. The number of aryl methyl sites for hydroxylation is 1. The fourth-order valence-electron chi connectivity index (χ4n) is 3.28. The summed E-state index contributed by atoms with van der Waals surface area (Å²) < 4.78 is 0. The number of nitrogens with one attached hydrogen (secondary N) is 2. The van der Waals surface area contributed by atoms with Gasteiger partial charge in [-0.25, -0.2) is 0 Å². The van der Waals surface area contributed by atoms with Gasteiger partial charge in [-0.05, 0) is 48.9 Å². The van der Waals surface area contributed by atoms with Gasteiger partial charge in [0.2, 0.25) is 0 Å². The van der Waals surface area contributed by atoms with Crippen LogP contribution >= 0.6 is 11.6 Å².